The van der Waals surface area contributed by atoms with Crippen molar-refractivity contribution in [1.82, 2.24) is 10.2 Å². The van der Waals surface area contributed by atoms with Crippen LogP contribution in [0.15, 0.2) is 0 Å². The minimum atomic E-state index is -1.18. The van der Waals surface area contributed by atoms with Crippen LogP contribution in [0.1, 0.15) is 32.1 Å². The van der Waals surface area contributed by atoms with E-state index >= 15 is 0 Å². The molecule has 0 aromatic rings. The van der Waals surface area contributed by atoms with Crippen molar-refractivity contribution in [1.29, 1.82) is 0 Å². The second-order valence-corrected chi connectivity index (χ2v) is 5.66. The predicted octanol–water partition coefficient (Wildman–Crippen LogP) is -2.00. The van der Waals surface area contributed by atoms with E-state index in [-0.39, 0.29) is 0 Å². The zero-order valence-corrected chi connectivity index (χ0v) is 13.1. The Labute approximate surface area is 135 Å². The minimum absolute atomic E-state index is 0.296. The molecule has 0 radical (unpaired) electrons. The highest BCUT2D eigenvalue weighted by molar-refractivity contribution is 5.92. The molecular formula is C14H26N4O5. The number of hydrogen-bond acceptors (Lipinski definition) is 6. The lowest BCUT2D eigenvalue weighted by atomic mass is 10.1. The molecule has 0 aromatic carbocycles. The maximum absolute atomic E-state index is 12.3. The second kappa shape index (κ2) is 9.43. The van der Waals surface area contributed by atoms with E-state index in [1.54, 1.807) is 0 Å². The summed E-state index contributed by atoms with van der Waals surface area (Å²) < 4.78 is 0. The molecule has 9 heteroatoms. The number of hydrogen-bond donors (Lipinski definition) is 5. The fraction of sp³-hybridized carbons (Fsp3) is 0.786. The summed E-state index contributed by atoms with van der Waals surface area (Å²) in [5, 5.41) is 20.9. The Morgan fingerprint density at radius 3 is 2.57 bits per heavy atom. The van der Waals surface area contributed by atoms with Gasteiger partial charge >= 0.3 is 5.97 Å². The van der Waals surface area contributed by atoms with Crippen molar-refractivity contribution in [3.05, 3.63) is 0 Å². The lowest BCUT2D eigenvalue weighted by Gasteiger charge is -2.27. The number of unbranched alkanes of at least 4 members (excludes halogenated alkanes) is 1. The summed E-state index contributed by atoms with van der Waals surface area (Å²) in [6.07, 6.45) is 2.81. The Morgan fingerprint density at radius 2 is 2.00 bits per heavy atom. The summed E-state index contributed by atoms with van der Waals surface area (Å²) in [6.45, 7) is 0.200. The van der Waals surface area contributed by atoms with Gasteiger partial charge in [-0.1, -0.05) is 6.42 Å². The number of carbonyl (C=O) groups excluding carboxylic acids is 2. The topological polar surface area (TPSA) is 159 Å². The molecular weight excluding hydrogens is 304 g/mol. The summed E-state index contributed by atoms with van der Waals surface area (Å²) in [5.74, 6) is -2.22. The lowest BCUT2D eigenvalue weighted by molar-refractivity contribution is -0.149. The van der Waals surface area contributed by atoms with E-state index in [0.717, 1.165) is 6.42 Å². The molecule has 0 aromatic heterocycles. The van der Waals surface area contributed by atoms with Crippen molar-refractivity contribution in [3.8, 4) is 0 Å². The molecule has 132 valence electrons. The number of nitrogens with two attached hydrogens (primary N) is 2. The van der Waals surface area contributed by atoms with Crippen LogP contribution in [-0.4, -0.2) is 70.7 Å². The number of aliphatic hydroxyl groups excluding tert-OH is 1. The largest absolute Gasteiger partial charge is 0.480 e. The molecule has 1 aliphatic heterocycles. The quantitative estimate of drug-likeness (QED) is 0.306. The Balaban J connectivity index is 2.60. The minimum Gasteiger partial charge on any atom is -0.480 e. The third kappa shape index (κ3) is 5.45. The zero-order chi connectivity index (χ0) is 17.4. The average molecular weight is 330 g/mol. The molecule has 0 saturated carbocycles. The van der Waals surface area contributed by atoms with Gasteiger partial charge in [-0.3, -0.25) is 9.59 Å². The number of carboxylic acid groups (broad SMARTS) is 1. The number of amides is 2. The Hall–Kier alpha value is -1.71. The second-order valence-electron chi connectivity index (χ2n) is 5.66. The fourth-order valence-electron chi connectivity index (χ4n) is 2.59. The molecule has 1 rings (SSSR count). The van der Waals surface area contributed by atoms with Gasteiger partial charge in [0.1, 0.15) is 12.1 Å². The Kier molecular flexibility index (Phi) is 7.93. The van der Waals surface area contributed by atoms with Gasteiger partial charge in [0.15, 0.2) is 0 Å². The monoisotopic (exact) mass is 330 g/mol. The summed E-state index contributed by atoms with van der Waals surface area (Å²) in [5.41, 5.74) is 11.1. The maximum Gasteiger partial charge on any atom is 0.326 e. The first-order valence-electron chi connectivity index (χ1n) is 7.82. The van der Waals surface area contributed by atoms with E-state index in [0.29, 0.717) is 38.8 Å². The average Bonchev–Trinajstić information content (AvgIpc) is 3.01. The van der Waals surface area contributed by atoms with Gasteiger partial charge in [0.2, 0.25) is 11.8 Å². The number of carbonyl (C=O) groups is 3. The van der Waals surface area contributed by atoms with E-state index in [1.165, 1.54) is 4.90 Å². The molecule has 0 spiro atoms. The van der Waals surface area contributed by atoms with E-state index in [9.17, 15) is 19.5 Å². The van der Waals surface area contributed by atoms with Gasteiger partial charge in [0.05, 0.1) is 12.6 Å². The van der Waals surface area contributed by atoms with Gasteiger partial charge in [0, 0.05) is 6.54 Å². The van der Waals surface area contributed by atoms with Gasteiger partial charge < -0.3 is 31.9 Å². The van der Waals surface area contributed by atoms with Crippen LogP contribution >= 0.6 is 0 Å². The predicted molar refractivity (Wildman–Crippen MR) is 82.3 cm³/mol. The zero-order valence-electron chi connectivity index (χ0n) is 13.1. The molecule has 2 amide bonds. The van der Waals surface area contributed by atoms with Crippen molar-refractivity contribution in [3.63, 3.8) is 0 Å². The van der Waals surface area contributed by atoms with E-state index < -0.39 is 42.5 Å². The maximum atomic E-state index is 12.3. The number of nitrogens with zero attached hydrogens (tertiary/aromatic N) is 1. The molecule has 7 N–H and O–H groups in total. The van der Waals surface area contributed by atoms with Crippen LogP contribution in [0.5, 0.6) is 0 Å². The van der Waals surface area contributed by atoms with Crippen molar-refractivity contribution >= 4 is 17.8 Å². The highest BCUT2D eigenvalue weighted by Crippen LogP contribution is 2.18. The Morgan fingerprint density at radius 1 is 1.30 bits per heavy atom. The van der Waals surface area contributed by atoms with E-state index in [2.05, 4.69) is 5.32 Å². The molecule has 23 heavy (non-hydrogen) atoms. The summed E-state index contributed by atoms with van der Waals surface area (Å²) >= 11 is 0. The molecule has 1 aliphatic rings. The van der Waals surface area contributed by atoms with E-state index in [4.69, 9.17) is 16.6 Å². The van der Waals surface area contributed by atoms with Crippen molar-refractivity contribution in [2.45, 2.75) is 50.2 Å². The number of likely N-dealkylation sites (tertiary alicyclic amines) is 1. The molecule has 9 nitrogen and oxygen atoms in total. The molecule has 0 bridgehead atoms. The fourth-order valence-corrected chi connectivity index (χ4v) is 2.59. The van der Waals surface area contributed by atoms with Gasteiger partial charge in [0.25, 0.3) is 0 Å². The van der Waals surface area contributed by atoms with Crippen LogP contribution in [-0.2, 0) is 14.4 Å². The first-order chi connectivity index (χ1) is 10.9. The van der Waals surface area contributed by atoms with Crippen LogP contribution in [0.3, 0.4) is 0 Å². The third-order valence-corrected chi connectivity index (χ3v) is 3.92. The lowest BCUT2D eigenvalue weighted by Crippen LogP contribution is -2.55. The molecule has 1 fully saturated rings. The standard InChI is InChI=1S/C14H26N4O5/c15-6-2-1-4-9(16)12(20)17-10(8-19)13(21)18-7-3-5-11(18)14(22)23/h9-11,19H,1-8,15-16H2,(H,17,20)(H,22,23)/t9-,10-,11-/m0/s1. The number of carboxylic acids is 1. The number of aliphatic hydroxyl groups is 1. The smallest absolute Gasteiger partial charge is 0.326 e. The SMILES string of the molecule is NCCCC[C@H](N)C(=O)N[C@@H](CO)C(=O)N1CCC[C@H]1C(=O)O. The van der Waals surface area contributed by atoms with Crippen LogP contribution in [0, 0.1) is 0 Å². The van der Waals surface area contributed by atoms with Crippen molar-refractivity contribution < 1.29 is 24.6 Å². The van der Waals surface area contributed by atoms with Gasteiger partial charge in [-0.05, 0) is 32.2 Å². The highest BCUT2D eigenvalue weighted by Gasteiger charge is 2.37. The van der Waals surface area contributed by atoms with Crippen LogP contribution in [0.4, 0.5) is 0 Å². The molecule has 0 aliphatic carbocycles. The molecule has 3 atom stereocenters. The highest BCUT2D eigenvalue weighted by atomic mass is 16.4. The summed E-state index contributed by atoms with van der Waals surface area (Å²) in [4.78, 5) is 36.6. The molecule has 1 saturated heterocycles. The third-order valence-electron chi connectivity index (χ3n) is 3.92. The number of nitrogens with one attached hydrogen (secondary N) is 1. The van der Waals surface area contributed by atoms with Gasteiger partial charge in [-0.15, -0.1) is 0 Å². The summed E-state index contributed by atoms with van der Waals surface area (Å²) in [7, 11) is 0. The summed E-state index contributed by atoms with van der Waals surface area (Å²) in [6, 6.07) is -2.88. The van der Waals surface area contributed by atoms with Gasteiger partial charge in [-0.2, -0.15) is 0 Å². The van der Waals surface area contributed by atoms with Crippen molar-refractivity contribution in [2.75, 3.05) is 19.7 Å². The number of rotatable bonds is 9. The first kappa shape index (κ1) is 19.3. The van der Waals surface area contributed by atoms with E-state index in [1.807, 2.05) is 0 Å². The first-order valence-corrected chi connectivity index (χ1v) is 7.82. The number of aliphatic carboxylic acids is 1. The normalized spacial score (nSPS) is 20.1. The van der Waals surface area contributed by atoms with Gasteiger partial charge in [-0.25, -0.2) is 4.79 Å². The van der Waals surface area contributed by atoms with Crippen LogP contribution < -0.4 is 16.8 Å². The molecule has 1 heterocycles. The van der Waals surface area contributed by atoms with Crippen LogP contribution in [0.25, 0.3) is 0 Å². The molecule has 0 unspecified atom stereocenters. The van der Waals surface area contributed by atoms with Crippen molar-refractivity contribution in [2.24, 2.45) is 11.5 Å². The van der Waals surface area contributed by atoms with Crippen LogP contribution in [0.2, 0.25) is 0 Å². The Bertz CT molecular complexity index is 431.